The normalized spacial score (nSPS) is 16.9. The lowest BCUT2D eigenvalue weighted by molar-refractivity contribution is -0.139. The van der Waals surface area contributed by atoms with Crippen molar-refractivity contribution in [1.82, 2.24) is 30.3 Å². The van der Waals surface area contributed by atoms with E-state index in [1.807, 2.05) is 6.92 Å². The lowest BCUT2D eigenvalue weighted by Crippen LogP contribution is -2.56. The van der Waals surface area contributed by atoms with E-state index in [1.54, 1.807) is 31.2 Å². The largest absolute Gasteiger partial charge is 0.483 e. The summed E-state index contributed by atoms with van der Waals surface area (Å²) in [6.45, 7) is 5.09. The summed E-state index contributed by atoms with van der Waals surface area (Å²) in [5, 5.41) is 15.2. The summed E-state index contributed by atoms with van der Waals surface area (Å²) < 4.78 is 10.9. The van der Waals surface area contributed by atoms with Gasteiger partial charge in [-0.15, -0.1) is 0 Å². The fourth-order valence-corrected chi connectivity index (χ4v) is 5.53. The third kappa shape index (κ3) is 8.40. The molecule has 2 fully saturated rings. The Hall–Kier alpha value is -4.95. The molecule has 0 saturated carbocycles. The van der Waals surface area contributed by atoms with Gasteiger partial charge in [-0.05, 0) is 45.2 Å². The van der Waals surface area contributed by atoms with E-state index in [1.165, 1.54) is 20.8 Å². The highest BCUT2D eigenvalue weighted by Gasteiger charge is 2.34. The minimum atomic E-state index is -1.17. The number of fused-ring (bicyclic) bond motifs is 1. The summed E-state index contributed by atoms with van der Waals surface area (Å²) in [5.74, 6) is -2.71. The van der Waals surface area contributed by atoms with Crippen LogP contribution in [-0.4, -0.2) is 125 Å². The molecule has 3 N–H and O–H groups in total. The monoisotopic (exact) mass is 640 g/mol. The number of carbonyl (C=O) groups is 6. The quantitative estimate of drug-likeness (QED) is 0.302. The van der Waals surface area contributed by atoms with Gasteiger partial charge in [0, 0.05) is 57.1 Å². The molecule has 4 rings (SSSR count). The van der Waals surface area contributed by atoms with Crippen LogP contribution >= 0.6 is 0 Å². The Balaban J connectivity index is 1.48. The summed E-state index contributed by atoms with van der Waals surface area (Å²) in [7, 11) is 0. The smallest absolute Gasteiger partial charge is 0.409 e. The van der Waals surface area contributed by atoms with E-state index < -0.39 is 36.0 Å². The molecule has 248 valence electrons. The minimum absolute atomic E-state index is 0.0947. The van der Waals surface area contributed by atoms with E-state index >= 15 is 0 Å². The van der Waals surface area contributed by atoms with Gasteiger partial charge in [0.05, 0.1) is 12.1 Å². The van der Waals surface area contributed by atoms with Gasteiger partial charge in [0.2, 0.25) is 11.8 Å². The van der Waals surface area contributed by atoms with Gasteiger partial charge >= 0.3 is 12.1 Å². The summed E-state index contributed by atoms with van der Waals surface area (Å²) in [5.41, 5.74) is 0.310. The maximum absolute atomic E-state index is 13.5. The van der Waals surface area contributed by atoms with Crippen LogP contribution in [0.1, 0.15) is 50.0 Å². The third-order valence-electron chi connectivity index (χ3n) is 7.86. The van der Waals surface area contributed by atoms with Crippen LogP contribution in [0.15, 0.2) is 30.3 Å². The van der Waals surface area contributed by atoms with Gasteiger partial charge in [0.15, 0.2) is 6.61 Å². The van der Waals surface area contributed by atoms with Gasteiger partial charge in [-0.3, -0.25) is 24.0 Å². The number of hydrogen-bond donors (Lipinski definition) is 3. The van der Waals surface area contributed by atoms with E-state index in [0.717, 1.165) is 0 Å². The van der Waals surface area contributed by atoms with Crippen molar-refractivity contribution >= 4 is 46.6 Å². The predicted octanol–water partition coefficient (Wildman–Crippen LogP) is 1.00. The number of piperazine rings is 1. The number of likely N-dealkylation sites (tertiary alicyclic amines) is 1. The van der Waals surface area contributed by atoms with Crippen LogP contribution in [0.5, 0.6) is 5.75 Å². The maximum atomic E-state index is 13.5. The topological polar surface area (TPSA) is 188 Å². The molecule has 5 amide bonds. The molecule has 0 bridgehead atoms. The first-order valence-electron chi connectivity index (χ1n) is 15.5. The minimum Gasteiger partial charge on any atom is -0.483 e. The summed E-state index contributed by atoms with van der Waals surface area (Å²) in [4.78, 5) is 84.7. The molecule has 0 unspecified atom stereocenters. The Morgan fingerprint density at radius 1 is 1.02 bits per heavy atom. The summed E-state index contributed by atoms with van der Waals surface area (Å²) >= 11 is 0. The van der Waals surface area contributed by atoms with Crippen molar-refractivity contribution < 1.29 is 43.3 Å². The highest BCUT2D eigenvalue weighted by Crippen LogP contribution is 2.26. The molecule has 2 aliphatic rings. The second-order valence-electron chi connectivity index (χ2n) is 10.9. The molecule has 3 heterocycles. The Bertz CT molecular complexity index is 1460. The molecule has 0 radical (unpaired) electrons. The number of aliphatic carboxylic acids is 1. The second kappa shape index (κ2) is 15.9. The number of pyridine rings is 1. The van der Waals surface area contributed by atoms with Crippen LogP contribution in [0.3, 0.4) is 0 Å². The van der Waals surface area contributed by atoms with Crippen molar-refractivity contribution in [2.45, 2.75) is 51.6 Å². The van der Waals surface area contributed by atoms with Crippen LogP contribution in [-0.2, 0) is 23.9 Å². The van der Waals surface area contributed by atoms with Crippen molar-refractivity contribution in [2.75, 3.05) is 52.5 Å². The number of likely N-dealkylation sites (N-methyl/N-ethyl adjacent to an activating group) is 1. The Morgan fingerprint density at radius 3 is 2.43 bits per heavy atom. The first-order valence-corrected chi connectivity index (χ1v) is 15.5. The zero-order chi connectivity index (χ0) is 33.2. The Morgan fingerprint density at radius 2 is 1.74 bits per heavy atom. The maximum Gasteiger partial charge on any atom is 0.409 e. The van der Waals surface area contributed by atoms with Gasteiger partial charge in [0.1, 0.15) is 23.5 Å². The molecule has 2 aliphatic heterocycles. The average molecular weight is 641 g/mol. The molecule has 1 aromatic carbocycles. The Kier molecular flexibility index (Phi) is 11.7. The van der Waals surface area contributed by atoms with Gasteiger partial charge in [-0.2, -0.15) is 0 Å². The third-order valence-corrected chi connectivity index (χ3v) is 7.86. The fourth-order valence-electron chi connectivity index (χ4n) is 5.53. The van der Waals surface area contributed by atoms with E-state index in [9.17, 15) is 33.9 Å². The number of aromatic nitrogens is 1. The number of nitrogens with zero attached hydrogens (tertiary/aromatic N) is 4. The number of benzene rings is 1. The predicted molar refractivity (Wildman–Crippen MR) is 164 cm³/mol. The van der Waals surface area contributed by atoms with E-state index in [4.69, 9.17) is 9.47 Å². The summed E-state index contributed by atoms with van der Waals surface area (Å²) in [6.07, 6.45) is 0.248. The molecule has 2 atom stereocenters. The van der Waals surface area contributed by atoms with Gasteiger partial charge in [-0.1, -0.05) is 12.1 Å². The molecule has 0 aliphatic carbocycles. The average Bonchev–Trinajstić information content (AvgIpc) is 3.55. The highest BCUT2D eigenvalue weighted by molar-refractivity contribution is 5.99. The number of ether oxygens (including phenoxy) is 2. The number of para-hydroxylation sites is 1. The molecular formula is C31H40N6O9. The van der Waals surface area contributed by atoms with Gasteiger partial charge < -0.3 is 39.9 Å². The summed E-state index contributed by atoms with van der Waals surface area (Å²) in [6, 6.07) is 6.51. The number of hydrogen-bond acceptors (Lipinski definition) is 9. The van der Waals surface area contributed by atoms with Crippen LogP contribution in [0, 0.1) is 0 Å². The van der Waals surface area contributed by atoms with E-state index in [0.29, 0.717) is 36.8 Å². The molecule has 0 spiro atoms. The van der Waals surface area contributed by atoms with Crippen molar-refractivity contribution in [1.29, 1.82) is 0 Å². The lowest BCUT2D eigenvalue weighted by atomic mass is 10.1. The fraction of sp³-hybridized carbons (Fsp3) is 0.516. The molecule has 1 aromatic heterocycles. The lowest BCUT2D eigenvalue weighted by Gasteiger charge is -2.35. The molecular weight excluding hydrogens is 600 g/mol. The molecule has 15 heteroatoms. The first kappa shape index (κ1) is 33.9. The highest BCUT2D eigenvalue weighted by atomic mass is 16.6. The van der Waals surface area contributed by atoms with Gasteiger partial charge in [-0.25, -0.2) is 9.78 Å². The molecule has 2 saturated heterocycles. The molecule has 2 aromatic rings. The zero-order valence-corrected chi connectivity index (χ0v) is 26.0. The zero-order valence-electron chi connectivity index (χ0n) is 26.0. The second-order valence-corrected chi connectivity index (χ2v) is 10.9. The molecule has 46 heavy (non-hydrogen) atoms. The number of nitrogens with one attached hydrogen (secondary N) is 2. The van der Waals surface area contributed by atoms with Crippen LogP contribution in [0.2, 0.25) is 0 Å². The molecule has 15 nitrogen and oxygen atoms in total. The number of amides is 5. The van der Waals surface area contributed by atoms with E-state index in [2.05, 4.69) is 15.6 Å². The van der Waals surface area contributed by atoms with E-state index in [-0.39, 0.29) is 75.5 Å². The van der Waals surface area contributed by atoms with Crippen LogP contribution in [0.25, 0.3) is 10.9 Å². The number of carboxylic acids is 1. The van der Waals surface area contributed by atoms with Crippen LogP contribution < -0.4 is 15.4 Å². The first-order chi connectivity index (χ1) is 22.1. The van der Waals surface area contributed by atoms with Crippen molar-refractivity contribution in [3.63, 3.8) is 0 Å². The number of carbonyl (C=O) groups excluding carboxylic acids is 5. The van der Waals surface area contributed by atoms with Crippen molar-refractivity contribution in [3.8, 4) is 5.75 Å². The van der Waals surface area contributed by atoms with Crippen molar-refractivity contribution in [2.24, 2.45) is 0 Å². The SMILES string of the molecule is CCNC(=O)[C@@H]1CCCN1C(=O)COc1cc(C(=O)N[C@@H](CCC(=O)O)C(=O)N2CCN(C(=O)OCC)CC2)nc2ccccc12. The van der Waals surface area contributed by atoms with Crippen LogP contribution in [0.4, 0.5) is 4.79 Å². The Labute approximate surface area is 266 Å². The van der Waals surface area contributed by atoms with Crippen molar-refractivity contribution in [3.05, 3.63) is 36.0 Å². The number of carboxylic acid groups (broad SMARTS) is 1. The number of rotatable bonds is 12. The van der Waals surface area contributed by atoms with Gasteiger partial charge in [0.25, 0.3) is 11.8 Å². The standard InChI is InChI=1S/C31H40N6O9/c1-3-32-29(42)24-10-7-13-37(24)26(38)19-46-25-18-23(33-21-9-6-5-8-20(21)25)28(41)34-22(11-12-27(39)40)30(43)35-14-16-36(17-15-35)31(44)45-4-2/h5-6,8-9,18,22,24H,3-4,7,10-17,19H2,1-2H3,(H,32,42)(H,34,41)(H,39,40)/t22-,24-/m0/s1.